The lowest BCUT2D eigenvalue weighted by Gasteiger charge is -2.26. The molecule has 0 saturated carbocycles. The minimum absolute atomic E-state index is 0.180. The lowest BCUT2D eigenvalue weighted by molar-refractivity contribution is 0.669. The minimum Gasteiger partial charge on any atom is -0.456 e. The van der Waals surface area contributed by atoms with Crippen LogP contribution in [-0.4, -0.2) is 9.97 Å². The molecule has 0 aliphatic rings. The number of furan rings is 1. The van der Waals surface area contributed by atoms with Gasteiger partial charge in [0.05, 0.1) is 34.7 Å². The molecule has 0 N–H and O–H groups in total. The smallest absolute Gasteiger partial charge is 0.160 e. The van der Waals surface area contributed by atoms with E-state index < -0.39 is 131 Å². The van der Waals surface area contributed by atoms with Gasteiger partial charge >= 0.3 is 0 Å². The van der Waals surface area contributed by atoms with E-state index in [2.05, 4.69) is 0 Å². The molecule has 0 spiro atoms. The first-order valence-corrected chi connectivity index (χ1v) is 17.4. The number of benzene rings is 8. The molecule has 0 bridgehead atoms. The maximum absolute atomic E-state index is 9.48. The predicted molar refractivity (Wildman–Crippen MR) is 231 cm³/mol. The van der Waals surface area contributed by atoms with Crippen molar-refractivity contribution in [2.75, 3.05) is 4.90 Å². The Kier molecular flexibility index (Phi) is 5.04. The maximum Gasteiger partial charge on any atom is 0.160 e. The van der Waals surface area contributed by atoms with Crippen molar-refractivity contribution in [3.8, 4) is 56.2 Å². The molecule has 0 fully saturated rings. The number of aromatic nitrogens is 2. The third kappa shape index (κ3) is 6.40. The van der Waals surface area contributed by atoms with Crippen LogP contribution in [0.5, 0.6) is 0 Å². The van der Waals surface area contributed by atoms with E-state index in [9.17, 15) is 6.85 Å². The highest BCUT2D eigenvalue weighted by Gasteiger charge is 2.16. The number of rotatable bonds is 8. The van der Waals surface area contributed by atoms with Gasteiger partial charge in [0.1, 0.15) is 11.2 Å². The van der Waals surface area contributed by atoms with E-state index in [1.807, 2.05) is 84.9 Å². The highest BCUT2D eigenvalue weighted by Crippen LogP contribution is 2.39. The van der Waals surface area contributed by atoms with Gasteiger partial charge in [-0.3, -0.25) is 0 Å². The lowest BCUT2D eigenvalue weighted by atomic mass is 10.0. The summed E-state index contributed by atoms with van der Waals surface area (Å²) in [6.45, 7) is 0. The fourth-order valence-electron chi connectivity index (χ4n) is 6.42. The van der Waals surface area contributed by atoms with Gasteiger partial charge < -0.3 is 9.32 Å². The van der Waals surface area contributed by atoms with E-state index in [1.54, 1.807) is 18.2 Å². The minimum atomic E-state index is -0.933. The van der Waals surface area contributed by atoms with Gasteiger partial charge in [0.15, 0.2) is 5.82 Å². The lowest BCUT2D eigenvalue weighted by Crippen LogP contribution is -2.09. The van der Waals surface area contributed by atoms with Gasteiger partial charge in [-0.25, -0.2) is 9.97 Å². The van der Waals surface area contributed by atoms with Crippen LogP contribution in [0.3, 0.4) is 0 Å². The highest BCUT2D eigenvalue weighted by atomic mass is 16.3. The van der Waals surface area contributed by atoms with Crippen molar-refractivity contribution >= 4 is 39.0 Å². The number of fused-ring (bicyclic) bond motifs is 3. The quantitative estimate of drug-likeness (QED) is 0.156. The van der Waals surface area contributed by atoms with Crippen molar-refractivity contribution < 1.29 is 27.7 Å². The van der Waals surface area contributed by atoms with Crippen LogP contribution in [0.4, 0.5) is 17.1 Å². The molecule has 10 rings (SSSR count). The van der Waals surface area contributed by atoms with Crippen LogP contribution in [0, 0.1) is 0 Å². The third-order valence-electron chi connectivity index (χ3n) is 9.08. The summed E-state index contributed by atoms with van der Waals surface area (Å²) in [6.07, 6.45) is 0. The Bertz CT molecular complexity index is 3820. The van der Waals surface area contributed by atoms with Gasteiger partial charge in [0.2, 0.25) is 0 Å². The summed E-state index contributed by atoms with van der Waals surface area (Å²) in [5.41, 5.74) is 1.14. The molecular formula is C52H35N3O. The summed E-state index contributed by atoms with van der Waals surface area (Å²) in [6, 6.07) is 18.8. The summed E-state index contributed by atoms with van der Waals surface area (Å²) in [5, 5.41) is 1.39. The standard InChI is InChI=1S/C52H35N3O/c1-5-14-36(15-6-1)40-20-13-23-45(32-40)55(43-21-11-4-12-22-43)44-28-24-37(25-29-44)41-26-30-46-47-31-27-42(34-51(47)56-50(46)33-41)49-35-48(38-16-7-2-8-17-38)53-52(54-49)39-18-9-3-10-19-39/h1-35H/i1D,4D,5D,6D,11D,12D,13D,14D,15D,21D,22D,23D,24D,25D,28D,29D,32D. The van der Waals surface area contributed by atoms with E-state index >= 15 is 0 Å². The summed E-state index contributed by atoms with van der Waals surface area (Å²) in [7, 11) is 0. The second-order valence-corrected chi connectivity index (χ2v) is 12.6. The number of hydrogen-bond acceptors (Lipinski definition) is 4. The molecule has 0 aliphatic heterocycles. The van der Waals surface area contributed by atoms with Gasteiger partial charge in [-0.2, -0.15) is 0 Å². The van der Waals surface area contributed by atoms with Gasteiger partial charge in [0, 0.05) is 44.5 Å². The van der Waals surface area contributed by atoms with Gasteiger partial charge in [-0.15, -0.1) is 0 Å². The largest absolute Gasteiger partial charge is 0.456 e. The summed E-state index contributed by atoms with van der Waals surface area (Å²) in [4.78, 5) is 10.4. The van der Waals surface area contributed by atoms with Crippen LogP contribution < -0.4 is 4.90 Å². The van der Waals surface area contributed by atoms with Crippen LogP contribution in [-0.2, 0) is 0 Å². The SMILES string of the molecule is [2H]c1cc(-c2c([2H])c([2H])c([2H])c([2H])c2[2H])c([2H])c(N(c2c([2H])c([2H])c([2H])c([2H])c2[2H])c2c([2H])c([2H])c(-c3ccc4c(c3)oc3cc(-c5cc(-c6ccccc6)nc(-c6ccccc6)n5)ccc34)c([2H])c2[2H])c1[2H]. The molecule has 0 amide bonds. The Morgan fingerprint density at radius 1 is 0.393 bits per heavy atom. The average molecular weight is 735 g/mol. The first-order chi connectivity index (χ1) is 34.8. The predicted octanol–water partition coefficient (Wildman–Crippen LogP) is 14.2. The molecule has 10 aromatic rings. The topological polar surface area (TPSA) is 42.2 Å². The molecule has 4 heteroatoms. The molecule has 2 heterocycles. The van der Waals surface area contributed by atoms with Crippen LogP contribution in [0.25, 0.3) is 78.1 Å². The molecule has 0 unspecified atom stereocenters. The van der Waals surface area contributed by atoms with E-state index in [0.717, 1.165) is 28.1 Å². The van der Waals surface area contributed by atoms with E-state index in [1.165, 1.54) is 0 Å². The summed E-state index contributed by atoms with van der Waals surface area (Å²) < 4.78 is 157. The van der Waals surface area contributed by atoms with Crippen molar-refractivity contribution in [3.63, 3.8) is 0 Å². The number of para-hydroxylation sites is 1. The second-order valence-electron chi connectivity index (χ2n) is 12.6. The van der Waals surface area contributed by atoms with Gasteiger partial charge in [-0.05, 0) is 88.8 Å². The molecule has 264 valence electrons. The molecule has 0 aliphatic carbocycles. The fraction of sp³-hybridized carbons (Fsp3) is 0. The number of anilines is 3. The molecule has 2 aromatic heterocycles. The Balaban J connectivity index is 1.15. The maximum atomic E-state index is 9.48. The monoisotopic (exact) mass is 734 g/mol. The van der Waals surface area contributed by atoms with Crippen LogP contribution in [0.1, 0.15) is 23.3 Å². The molecule has 0 atom stereocenters. The summed E-state index contributed by atoms with van der Waals surface area (Å²) >= 11 is 0. The Morgan fingerprint density at radius 2 is 0.946 bits per heavy atom. The molecule has 0 saturated heterocycles. The zero-order valence-corrected chi connectivity index (χ0v) is 29.1. The Morgan fingerprint density at radius 3 is 1.64 bits per heavy atom. The van der Waals surface area contributed by atoms with E-state index in [-0.39, 0.29) is 11.1 Å². The second kappa shape index (κ2) is 14.3. The number of hydrogen-bond donors (Lipinski definition) is 0. The zero-order valence-electron chi connectivity index (χ0n) is 46.1. The van der Waals surface area contributed by atoms with Crippen molar-refractivity contribution in [3.05, 3.63) is 212 Å². The average Bonchev–Trinajstić information content (AvgIpc) is 3.77. The molecule has 8 aromatic carbocycles. The first kappa shape index (κ1) is 19.7. The van der Waals surface area contributed by atoms with Crippen molar-refractivity contribution in [2.24, 2.45) is 0 Å². The van der Waals surface area contributed by atoms with Crippen LogP contribution in [0.15, 0.2) is 216 Å². The van der Waals surface area contributed by atoms with Crippen molar-refractivity contribution in [1.82, 2.24) is 9.97 Å². The zero-order chi connectivity index (χ0) is 52.1. The van der Waals surface area contributed by atoms with Crippen molar-refractivity contribution in [1.29, 1.82) is 0 Å². The van der Waals surface area contributed by atoms with E-state index in [4.69, 9.17) is 30.8 Å². The fourth-order valence-corrected chi connectivity index (χ4v) is 6.42. The molecule has 56 heavy (non-hydrogen) atoms. The van der Waals surface area contributed by atoms with Gasteiger partial charge in [0.25, 0.3) is 0 Å². The molecule has 0 radical (unpaired) electrons. The van der Waals surface area contributed by atoms with Crippen LogP contribution >= 0.6 is 0 Å². The Labute approximate surface area is 349 Å². The normalized spacial score (nSPS) is 15.5. The third-order valence-corrected chi connectivity index (χ3v) is 9.08. The molecule has 4 nitrogen and oxygen atoms in total. The van der Waals surface area contributed by atoms with Gasteiger partial charge in [-0.1, -0.05) is 145 Å². The van der Waals surface area contributed by atoms with E-state index in [0.29, 0.717) is 38.7 Å². The highest BCUT2D eigenvalue weighted by molar-refractivity contribution is 6.07. The molecular weight excluding hydrogens is 683 g/mol. The Hall–Kier alpha value is -7.56. The van der Waals surface area contributed by atoms with Crippen molar-refractivity contribution in [2.45, 2.75) is 0 Å². The van der Waals surface area contributed by atoms with Crippen LogP contribution in [0.2, 0.25) is 0 Å². The number of nitrogens with zero attached hydrogens (tertiary/aromatic N) is 3. The first-order valence-electron chi connectivity index (χ1n) is 25.9. The summed E-state index contributed by atoms with van der Waals surface area (Å²) in [5.74, 6) is 0.525.